The van der Waals surface area contributed by atoms with Crippen molar-refractivity contribution in [2.75, 3.05) is 20.3 Å². The lowest BCUT2D eigenvalue weighted by Crippen LogP contribution is -2.36. The molecule has 1 aromatic heterocycles. The van der Waals surface area contributed by atoms with Crippen LogP contribution in [0.4, 0.5) is 4.39 Å². The van der Waals surface area contributed by atoms with Crippen molar-refractivity contribution in [1.82, 2.24) is 9.88 Å². The number of nitrogens with zero attached hydrogens (tertiary/aromatic N) is 2. The fraction of sp³-hybridized carbons (Fsp3) is 0.312. The van der Waals surface area contributed by atoms with Gasteiger partial charge < -0.3 is 14.6 Å². The molecule has 1 aromatic carbocycles. The summed E-state index contributed by atoms with van der Waals surface area (Å²) in [5, 5.41) is 4.44. The molecule has 1 unspecified atom stereocenters. The van der Waals surface area contributed by atoms with Gasteiger partial charge in [-0.25, -0.2) is 4.39 Å². The monoisotopic (exact) mass is 351 g/mol. The first-order valence-electron chi connectivity index (χ1n) is 7.30. The molecule has 0 aliphatic carbocycles. The molecule has 0 aliphatic rings. The number of amides is 2. The van der Waals surface area contributed by atoms with Gasteiger partial charge >= 0.3 is 0 Å². The molecule has 8 heteroatoms. The zero-order chi connectivity index (χ0) is 17.5. The number of hydrogen-bond donors (Lipinski definition) is 1. The molecule has 1 heterocycles. The summed E-state index contributed by atoms with van der Waals surface area (Å²) in [6.07, 6.45) is 1.67. The maximum Gasteiger partial charge on any atom is 0.282 e. The Morgan fingerprint density at radius 1 is 1.42 bits per heavy atom. The molecular formula is C16H18FN3O3S. The zero-order valence-electron chi connectivity index (χ0n) is 13.4. The standard InChI is InChI=1S/C16H18FN3O3S/c1-11(14(21)18-7-9-23-2)20-8-10-24-16(20)19-15(22)12-5-3-4-6-13(12)17/h3-6,8,10-11H,7,9H2,1-2H3,(H,18,21). The van der Waals surface area contributed by atoms with E-state index in [1.54, 1.807) is 36.2 Å². The molecule has 6 nitrogen and oxygen atoms in total. The molecule has 2 rings (SSSR count). The molecule has 2 aromatic rings. The lowest BCUT2D eigenvalue weighted by atomic mass is 10.2. The molecule has 0 fully saturated rings. The maximum absolute atomic E-state index is 13.7. The summed E-state index contributed by atoms with van der Waals surface area (Å²) in [4.78, 5) is 28.5. The van der Waals surface area contributed by atoms with E-state index in [4.69, 9.17) is 4.74 Å². The highest BCUT2D eigenvalue weighted by atomic mass is 32.1. The van der Waals surface area contributed by atoms with Gasteiger partial charge in [-0.05, 0) is 19.1 Å². The van der Waals surface area contributed by atoms with Crippen LogP contribution in [0.15, 0.2) is 40.8 Å². The molecule has 0 aliphatic heterocycles. The second-order valence-corrected chi connectivity index (χ2v) is 5.82. The fourth-order valence-electron chi connectivity index (χ4n) is 1.99. The normalized spacial score (nSPS) is 12.9. The van der Waals surface area contributed by atoms with Crippen LogP contribution in [0.2, 0.25) is 0 Å². The first kappa shape index (κ1) is 18.0. The third-order valence-corrected chi connectivity index (χ3v) is 4.09. The minimum absolute atomic E-state index is 0.102. The van der Waals surface area contributed by atoms with Crippen LogP contribution in [0.3, 0.4) is 0 Å². The molecule has 2 amide bonds. The van der Waals surface area contributed by atoms with Gasteiger partial charge in [0.25, 0.3) is 5.91 Å². The third-order valence-electron chi connectivity index (χ3n) is 3.32. The predicted molar refractivity (Wildman–Crippen MR) is 88.2 cm³/mol. The average molecular weight is 351 g/mol. The number of thiazole rings is 1. The van der Waals surface area contributed by atoms with Crippen LogP contribution in [0.25, 0.3) is 0 Å². The molecular weight excluding hydrogens is 333 g/mol. The first-order chi connectivity index (χ1) is 11.5. The lowest BCUT2D eigenvalue weighted by Gasteiger charge is -2.13. The van der Waals surface area contributed by atoms with Crippen LogP contribution in [0.5, 0.6) is 0 Å². The average Bonchev–Trinajstić information content (AvgIpc) is 3.02. The summed E-state index contributed by atoms with van der Waals surface area (Å²) in [6.45, 7) is 2.50. The van der Waals surface area contributed by atoms with E-state index in [0.29, 0.717) is 18.0 Å². The molecule has 0 saturated heterocycles. The number of benzene rings is 1. The zero-order valence-corrected chi connectivity index (χ0v) is 14.2. The summed E-state index contributed by atoms with van der Waals surface area (Å²) >= 11 is 1.20. The predicted octanol–water partition coefficient (Wildman–Crippen LogP) is 1.75. The Morgan fingerprint density at radius 3 is 2.88 bits per heavy atom. The molecule has 0 radical (unpaired) electrons. The van der Waals surface area contributed by atoms with Gasteiger partial charge in [-0.15, -0.1) is 11.3 Å². The van der Waals surface area contributed by atoms with Crippen LogP contribution in [-0.4, -0.2) is 36.6 Å². The minimum atomic E-state index is -0.684. The van der Waals surface area contributed by atoms with E-state index in [-0.39, 0.29) is 11.5 Å². The van der Waals surface area contributed by atoms with Gasteiger partial charge in [0.1, 0.15) is 11.9 Å². The molecule has 1 atom stereocenters. The van der Waals surface area contributed by atoms with Crippen molar-refractivity contribution in [3.05, 3.63) is 52.0 Å². The minimum Gasteiger partial charge on any atom is -0.383 e. The largest absolute Gasteiger partial charge is 0.383 e. The van der Waals surface area contributed by atoms with Crippen molar-refractivity contribution < 1.29 is 18.7 Å². The van der Waals surface area contributed by atoms with E-state index in [2.05, 4.69) is 10.3 Å². The Kier molecular flexibility index (Phi) is 6.39. The summed E-state index contributed by atoms with van der Waals surface area (Å²) < 4.78 is 20.1. The summed E-state index contributed by atoms with van der Waals surface area (Å²) in [6, 6.07) is 5.10. The summed E-state index contributed by atoms with van der Waals surface area (Å²) in [5.74, 6) is -1.53. The van der Waals surface area contributed by atoms with Crippen LogP contribution < -0.4 is 10.1 Å². The second-order valence-electron chi connectivity index (χ2n) is 4.95. The lowest BCUT2D eigenvalue weighted by molar-refractivity contribution is -0.124. The van der Waals surface area contributed by atoms with Crippen LogP contribution in [-0.2, 0) is 9.53 Å². The van der Waals surface area contributed by atoms with Crippen molar-refractivity contribution in [3.63, 3.8) is 0 Å². The van der Waals surface area contributed by atoms with E-state index in [9.17, 15) is 14.0 Å². The summed E-state index contributed by atoms with van der Waals surface area (Å²) in [7, 11) is 1.55. The molecule has 0 saturated carbocycles. The quantitative estimate of drug-likeness (QED) is 0.806. The topological polar surface area (TPSA) is 72.7 Å². The van der Waals surface area contributed by atoms with Crippen molar-refractivity contribution in [2.45, 2.75) is 13.0 Å². The molecule has 24 heavy (non-hydrogen) atoms. The number of ether oxygens (including phenoxy) is 1. The van der Waals surface area contributed by atoms with Crippen LogP contribution in [0.1, 0.15) is 23.3 Å². The number of aromatic nitrogens is 1. The molecule has 128 valence electrons. The highest BCUT2D eigenvalue weighted by molar-refractivity contribution is 7.07. The number of hydrogen-bond acceptors (Lipinski definition) is 4. The number of carbonyl (C=O) groups excluding carboxylic acids is 2. The van der Waals surface area contributed by atoms with Gasteiger partial charge in [0.2, 0.25) is 5.91 Å². The molecule has 1 N–H and O–H groups in total. The molecule has 0 bridgehead atoms. The van der Waals surface area contributed by atoms with Gasteiger partial charge in [-0.2, -0.15) is 4.99 Å². The Bertz CT molecular complexity index is 785. The van der Waals surface area contributed by atoms with E-state index < -0.39 is 17.8 Å². The van der Waals surface area contributed by atoms with Crippen molar-refractivity contribution in [3.8, 4) is 0 Å². The Morgan fingerprint density at radius 2 is 2.17 bits per heavy atom. The SMILES string of the molecule is COCCNC(=O)C(C)n1ccsc1=NC(=O)c1ccccc1F. The van der Waals surface area contributed by atoms with E-state index >= 15 is 0 Å². The molecule has 0 spiro atoms. The smallest absolute Gasteiger partial charge is 0.282 e. The van der Waals surface area contributed by atoms with Crippen LogP contribution in [0, 0.1) is 5.82 Å². The van der Waals surface area contributed by atoms with Crippen molar-refractivity contribution >= 4 is 23.2 Å². The van der Waals surface area contributed by atoms with Crippen molar-refractivity contribution in [1.29, 1.82) is 0 Å². The Labute approximate surface area is 142 Å². The highest BCUT2D eigenvalue weighted by Crippen LogP contribution is 2.09. The number of carbonyl (C=O) groups is 2. The highest BCUT2D eigenvalue weighted by Gasteiger charge is 2.16. The number of methoxy groups -OCH3 is 1. The van der Waals surface area contributed by atoms with E-state index in [1.807, 2.05) is 0 Å². The Balaban J connectivity index is 2.22. The number of halogens is 1. The fourth-order valence-corrected chi connectivity index (χ4v) is 2.78. The number of nitrogens with one attached hydrogen (secondary N) is 1. The maximum atomic E-state index is 13.7. The van der Waals surface area contributed by atoms with Gasteiger partial charge in [0.15, 0.2) is 4.80 Å². The van der Waals surface area contributed by atoms with E-state index in [0.717, 1.165) is 0 Å². The van der Waals surface area contributed by atoms with Gasteiger partial charge in [0.05, 0.1) is 12.2 Å². The van der Waals surface area contributed by atoms with Gasteiger partial charge in [0, 0.05) is 25.2 Å². The van der Waals surface area contributed by atoms with Crippen LogP contribution >= 0.6 is 11.3 Å². The summed E-state index contributed by atoms with van der Waals surface area (Å²) in [5.41, 5.74) is -0.102. The third kappa shape index (κ3) is 4.36. The Hall–Kier alpha value is -2.32. The van der Waals surface area contributed by atoms with E-state index in [1.165, 1.54) is 29.5 Å². The number of rotatable bonds is 6. The van der Waals surface area contributed by atoms with Crippen molar-refractivity contribution in [2.24, 2.45) is 4.99 Å². The first-order valence-corrected chi connectivity index (χ1v) is 8.18. The van der Waals surface area contributed by atoms with Gasteiger partial charge in [-0.3, -0.25) is 9.59 Å². The second kappa shape index (κ2) is 8.51. The van der Waals surface area contributed by atoms with Gasteiger partial charge in [-0.1, -0.05) is 12.1 Å².